The van der Waals surface area contributed by atoms with E-state index in [-0.39, 0.29) is 18.0 Å². The molecule has 0 unspecified atom stereocenters. The van der Waals surface area contributed by atoms with Gasteiger partial charge < -0.3 is 4.90 Å². The molecule has 1 aromatic heterocycles. The Hall–Kier alpha value is -3.73. The van der Waals surface area contributed by atoms with E-state index in [1.54, 1.807) is 4.90 Å². The summed E-state index contributed by atoms with van der Waals surface area (Å²) in [6, 6.07) is 27.1. The minimum Gasteiger partial charge on any atom is -0.332 e. The second kappa shape index (κ2) is 8.52. The van der Waals surface area contributed by atoms with E-state index in [0.717, 1.165) is 11.1 Å². The Kier molecular flexibility index (Phi) is 5.47. The Morgan fingerprint density at radius 2 is 1.34 bits per heavy atom. The van der Waals surface area contributed by atoms with E-state index in [1.165, 1.54) is 10.8 Å². The first kappa shape index (κ1) is 18.6. The average Bonchev–Trinajstić information content (AvgIpc) is 2.76. The van der Waals surface area contributed by atoms with E-state index in [9.17, 15) is 9.59 Å². The molecular weight excluding hydrogens is 362 g/mol. The van der Waals surface area contributed by atoms with Gasteiger partial charge in [0, 0.05) is 13.1 Å². The van der Waals surface area contributed by atoms with Gasteiger partial charge in [0.2, 0.25) is 5.91 Å². The molecule has 3 aromatic carbocycles. The highest BCUT2D eigenvalue weighted by atomic mass is 16.2. The molecular formula is C24H21N3O2. The van der Waals surface area contributed by atoms with Crippen molar-refractivity contribution in [2.24, 2.45) is 0 Å². The third-order valence-electron chi connectivity index (χ3n) is 4.83. The van der Waals surface area contributed by atoms with Crippen molar-refractivity contribution in [2.75, 3.05) is 0 Å². The lowest BCUT2D eigenvalue weighted by Crippen LogP contribution is -2.36. The quantitative estimate of drug-likeness (QED) is 0.511. The maximum atomic E-state index is 13.3. The summed E-state index contributed by atoms with van der Waals surface area (Å²) in [5.74, 6) is -0.115. The van der Waals surface area contributed by atoms with E-state index >= 15 is 0 Å². The molecule has 0 N–H and O–H groups in total. The summed E-state index contributed by atoms with van der Waals surface area (Å²) in [7, 11) is 0. The van der Waals surface area contributed by atoms with Crippen LogP contribution in [-0.2, 0) is 24.4 Å². The van der Waals surface area contributed by atoms with Crippen LogP contribution in [-0.4, -0.2) is 20.4 Å². The molecule has 144 valence electrons. The van der Waals surface area contributed by atoms with Crippen LogP contribution in [0.1, 0.15) is 11.1 Å². The average molecular weight is 383 g/mol. The molecule has 0 fully saturated rings. The summed E-state index contributed by atoms with van der Waals surface area (Å²) < 4.78 is 1.49. The van der Waals surface area contributed by atoms with Gasteiger partial charge in [0.15, 0.2) is 0 Å². The van der Waals surface area contributed by atoms with Crippen LogP contribution in [0, 0.1) is 0 Å². The topological polar surface area (TPSA) is 55.2 Å². The fourth-order valence-electron chi connectivity index (χ4n) is 3.35. The second-order valence-electron chi connectivity index (χ2n) is 6.89. The van der Waals surface area contributed by atoms with Gasteiger partial charge in [-0.15, -0.1) is 0 Å². The number of carbonyl (C=O) groups excluding carboxylic acids is 1. The summed E-state index contributed by atoms with van der Waals surface area (Å²) in [5.41, 5.74) is 3.16. The van der Waals surface area contributed by atoms with Crippen LogP contribution in [0.4, 0.5) is 0 Å². The predicted molar refractivity (Wildman–Crippen MR) is 113 cm³/mol. The number of benzene rings is 3. The van der Waals surface area contributed by atoms with Crippen LogP contribution >= 0.6 is 0 Å². The van der Waals surface area contributed by atoms with Crippen molar-refractivity contribution >= 4 is 16.9 Å². The summed E-state index contributed by atoms with van der Waals surface area (Å²) in [4.78, 5) is 31.7. The molecule has 0 atom stereocenters. The SMILES string of the molecule is O=C(Cn1c(=O)cnc2ccccc21)N(Cc1ccccc1)Cc1ccccc1. The highest BCUT2D eigenvalue weighted by Gasteiger charge is 2.17. The molecule has 0 aliphatic heterocycles. The molecule has 1 heterocycles. The molecule has 1 amide bonds. The van der Waals surface area contributed by atoms with Gasteiger partial charge in [0.25, 0.3) is 5.56 Å². The fraction of sp³-hybridized carbons (Fsp3) is 0.125. The van der Waals surface area contributed by atoms with Crippen molar-refractivity contribution in [3.05, 3.63) is 113 Å². The van der Waals surface area contributed by atoms with Gasteiger partial charge in [0.1, 0.15) is 6.54 Å². The highest BCUT2D eigenvalue weighted by Crippen LogP contribution is 2.13. The van der Waals surface area contributed by atoms with Crippen LogP contribution in [0.2, 0.25) is 0 Å². The smallest absolute Gasteiger partial charge is 0.269 e. The molecule has 0 saturated carbocycles. The van der Waals surface area contributed by atoms with Crippen molar-refractivity contribution < 1.29 is 4.79 Å². The standard InChI is InChI=1S/C24H21N3O2/c28-23-15-25-21-13-7-8-14-22(21)27(23)18-24(29)26(16-19-9-3-1-4-10-19)17-20-11-5-2-6-12-20/h1-15H,16-18H2. The molecule has 0 spiro atoms. The number of nitrogens with zero attached hydrogens (tertiary/aromatic N) is 3. The molecule has 0 saturated heterocycles. The van der Waals surface area contributed by atoms with Gasteiger partial charge in [-0.1, -0.05) is 72.8 Å². The molecule has 4 aromatic rings. The summed E-state index contributed by atoms with van der Waals surface area (Å²) in [6.45, 7) is 0.931. The number of aromatic nitrogens is 2. The molecule has 5 heteroatoms. The summed E-state index contributed by atoms with van der Waals surface area (Å²) >= 11 is 0. The van der Waals surface area contributed by atoms with Crippen molar-refractivity contribution in [2.45, 2.75) is 19.6 Å². The Morgan fingerprint density at radius 1 is 0.793 bits per heavy atom. The van der Waals surface area contributed by atoms with Gasteiger partial charge in [-0.25, -0.2) is 4.98 Å². The largest absolute Gasteiger partial charge is 0.332 e. The first-order valence-electron chi connectivity index (χ1n) is 9.51. The van der Waals surface area contributed by atoms with Crippen LogP contribution < -0.4 is 5.56 Å². The van der Waals surface area contributed by atoms with Crippen LogP contribution in [0.5, 0.6) is 0 Å². The third kappa shape index (κ3) is 4.41. The molecule has 0 bridgehead atoms. The normalized spacial score (nSPS) is 10.8. The molecule has 0 aliphatic carbocycles. The Balaban J connectivity index is 1.64. The minimum absolute atomic E-state index is 0.0263. The zero-order valence-corrected chi connectivity index (χ0v) is 15.9. The second-order valence-corrected chi connectivity index (χ2v) is 6.89. The van der Waals surface area contributed by atoms with E-state index in [0.29, 0.717) is 24.1 Å². The van der Waals surface area contributed by atoms with Gasteiger partial charge in [-0.05, 0) is 23.3 Å². The van der Waals surface area contributed by atoms with Crippen LogP contribution in [0.3, 0.4) is 0 Å². The van der Waals surface area contributed by atoms with Crippen LogP contribution in [0.25, 0.3) is 11.0 Å². The van der Waals surface area contributed by atoms with Gasteiger partial charge in [-0.3, -0.25) is 14.2 Å². The Bertz CT molecular complexity index is 1130. The zero-order chi connectivity index (χ0) is 20.1. The first-order valence-corrected chi connectivity index (χ1v) is 9.51. The third-order valence-corrected chi connectivity index (χ3v) is 4.83. The number of rotatable bonds is 6. The monoisotopic (exact) mass is 383 g/mol. The van der Waals surface area contributed by atoms with E-state index < -0.39 is 0 Å². The highest BCUT2D eigenvalue weighted by molar-refractivity contribution is 5.80. The van der Waals surface area contributed by atoms with Gasteiger partial charge >= 0.3 is 0 Å². The summed E-state index contributed by atoms with van der Waals surface area (Å²) in [5, 5.41) is 0. The number of para-hydroxylation sites is 2. The number of fused-ring (bicyclic) bond motifs is 1. The van der Waals surface area contributed by atoms with Crippen molar-refractivity contribution in [3.8, 4) is 0 Å². The number of hydrogen-bond acceptors (Lipinski definition) is 3. The number of hydrogen-bond donors (Lipinski definition) is 0. The maximum absolute atomic E-state index is 13.3. The minimum atomic E-state index is -0.281. The fourth-order valence-corrected chi connectivity index (χ4v) is 3.35. The molecule has 29 heavy (non-hydrogen) atoms. The molecule has 0 aliphatic rings. The van der Waals surface area contributed by atoms with E-state index in [2.05, 4.69) is 4.98 Å². The van der Waals surface area contributed by atoms with Crippen LogP contribution in [0.15, 0.2) is 95.9 Å². The first-order chi connectivity index (χ1) is 14.2. The molecule has 0 radical (unpaired) electrons. The Morgan fingerprint density at radius 3 is 1.97 bits per heavy atom. The van der Waals surface area contributed by atoms with E-state index in [1.807, 2.05) is 84.9 Å². The lowest BCUT2D eigenvalue weighted by atomic mass is 10.1. The van der Waals surface area contributed by atoms with E-state index in [4.69, 9.17) is 0 Å². The van der Waals surface area contributed by atoms with Crippen molar-refractivity contribution in [3.63, 3.8) is 0 Å². The zero-order valence-electron chi connectivity index (χ0n) is 15.9. The van der Waals surface area contributed by atoms with Gasteiger partial charge in [-0.2, -0.15) is 0 Å². The molecule has 5 nitrogen and oxygen atoms in total. The Labute approximate surface area is 168 Å². The predicted octanol–water partition coefficient (Wildman–Crippen LogP) is 3.63. The number of carbonyl (C=O) groups is 1. The lowest BCUT2D eigenvalue weighted by Gasteiger charge is -2.24. The van der Waals surface area contributed by atoms with Crippen molar-refractivity contribution in [1.29, 1.82) is 0 Å². The maximum Gasteiger partial charge on any atom is 0.269 e. The molecule has 4 rings (SSSR count). The summed E-state index contributed by atoms with van der Waals surface area (Å²) in [6.07, 6.45) is 1.27. The van der Waals surface area contributed by atoms with Crippen molar-refractivity contribution in [1.82, 2.24) is 14.5 Å². The number of amides is 1. The van der Waals surface area contributed by atoms with Gasteiger partial charge in [0.05, 0.1) is 17.2 Å². The lowest BCUT2D eigenvalue weighted by molar-refractivity contribution is -0.133.